The van der Waals surface area contributed by atoms with Gasteiger partial charge < -0.3 is 20.9 Å². The van der Waals surface area contributed by atoms with Crippen LogP contribution in [0.15, 0.2) is 91.4 Å². The maximum absolute atomic E-state index is 12.8. The van der Waals surface area contributed by atoms with Crippen molar-refractivity contribution in [1.29, 1.82) is 0 Å². The molecule has 0 fully saturated rings. The molecule has 0 spiro atoms. The zero-order valence-corrected chi connectivity index (χ0v) is 18.0. The van der Waals surface area contributed by atoms with Crippen molar-refractivity contribution in [2.24, 2.45) is 5.73 Å². The van der Waals surface area contributed by atoms with Crippen molar-refractivity contribution in [3.8, 4) is 5.69 Å². The summed E-state index contributed by atoms with van der Waals surface area (Å²) in [6.07, 6.45) is 6.43. The summed E-state index contributed by atoms with van der Waals surface area (Å²) in [7, 11) is 0. The third kappa shape index (κ3) is 5.04. The van der Waals surface area contributed by atoms with Crippen molar-refractivity contribution in [3.63, 3.8) is 0 Å². The first-order chi connectivity index (χ1) is 15.7. The van der Waals surface area contributed by atoms with E-state index in [4.69, 9.17) is 5.73 Å². The van der Waals surface area contributed by atoms with Crippen LogP contribution in [0.5, 0.6) is 0 Å². The molecule has 2 heterocycles. The van der Waals surface area contributed by atoms with Crippen LogP contribution in [0.3, 0.4) is 0 Å². The first kappa shape index (κ1) is 21.3. The van der Waals surface area contributed by atoms with Crippen LogP contribution in [0.2, 0.25) is 0 Å². The Labute approximate surface area is 188 Å². The average molecular weight is 426 g/mol. The molecule has 0 aliphatic carbocycles. The number of nitrogens with one attached hydrogen (secondary N) is 2. The lowest BCUT2D eigenvalue weighted by molar-refractivity contribution is 0.0938. The zero-order chi connectivity index (χ0) is 22.3. The fourth-order valence-electron chi connectivity index (χ4n) is 3.52. The molecule has 0 saturated heterocycles. The van der Waals surface area contributed by atoms with Crippen molar-refractivity contribution in [3.05, 3.63) is 108 Å². The number of hydrogen-bond acceptors (Lipinski definition) is 4. The predicted octanol–water partition coefficient (Wildman–Crippen LogP) is 4.61. The molecule has 6 nitrogen and oxygen atoms in total. The minimum Gasteiger partial charge on any atom is -0.344 e. The summed E-state index contributed by atoms with van der Waals surface area (Å²) in [6.45, 7) is 2.46. The molecule has 1 amide bonds. The Morgan fingerprint density at radius 1 is 1.06 bits per heavy atom. The second-order valence-corrected chi connectivity index (χ2v) is 7.55. The molecule has 0 bridgehead atoms. The number of anilines is 2. The quantitative estimate of drug-likeness (QED) is 0.385. The number of nitrogens with two attached hydrogens (primary N) is 1. The molecular weight excluding hydrogens is 398 g/mol. The number of carbonyl (C=O) groups excluding carboxylic acids is 1. The number of hydrogen-bond donors (Lipinski definition) is 3. The first-order valence-corrected chi connectivity index (χ1v) is 10.7. The van der Waals surface area contributed by atoms with Gasteiger partial charge >= 0.3 is 0 Å². The lowest BCUT2D eigenvalue weighted by Crippen LogP contribution is -2.33. The molecule has 1 atom stereocenters. The van der Waals surface area contributed by atoms with Gasteiger partial charge in [-0.15, -0.1) is 0 Å². The maximum Gasteiger partial charge on any atom is 0.253 e. The summed E-state index contributed by atoms with van der Waals surface area (Å²) in [5.41, 5.74) is 10.6. The zero-order valence-electron chi connectivity index (χ0n) is 18.0. The van der Waals surface area contributed by atoms with Gasteiger partial charge in [0, 0.05) is 36.9 Å². The standard InChI is InChI=1S/C26H27N5O/c1-2-19-8-10-22(11-9-19)29-25-16-23(12-14-28-25)31-15-13-21(18-31)26(32)30-24(17-27)20-6-4-3-5-7-20/h3-16,18,24H,2,17,27H2,1H3,(H,28,29)(H,30,32). The number of benzene rings is 2. The van der Waals surface area contributed by atoms with E-state index >= 15 is 0 Å². The van der Waals surface area contributed by atoms with E-state index in [1.807, 2.05) is 71.6 Å². The van der Waals surface area contributed by atoms with Crippen LogP contribution < -0.4 is 16.4 Å². The van der Waals surface area contributed by atoms with E-state index in [1.54, 1.807) is 12.3 Å². The van der Waals surface area contributed by atoms with Gasteiger partial charge in [-0.05, 0) is 41.8 Å². The van der Waals surface area contributed by atoms with Crippen LogP contribution in [-0.4, -0.2) is 22.0 Å². The summed E-state index contributed by atoms with van der Waals surface area (Å²) >= 11 is 0. The summed E-state index contributed by atoms with van der Waals surface area (Å²) in [6, 6.07) is 23.5. The number of aryl methyl sites for hydroxylation is 1. The van der Waals surface area contributed by atoms with Crippen molar-refractivity contribution in [2.75, 3.05) is 11.9 Å². The highest BCUT2D eigenvalue weighted by atomic mass is 16.1. The molecule has 4 aromatic rings. The Bertz CT molecular complexity index is 1170. The van der Waals surface area contributed by atoms with Crippen LogP contribution in [0.1, 0.15) is 34.5 Å². The molecule has 162 valence electrons. The molecular formula is C26H27N5O. The van der Waals surface area contributed by atoms with Crippen LogP contribution >= 0.6 is 0 Å². The monoisotopic (exact) mass is 425 g/mol. The molecule has 4 N–H and O–H groups in total. The lowest BCUT2D eigenvalue weighted by atomic mass is 10.1. The number of aromatic nitrogens is 2. The van der Waals surface area contributed by atoms with Crippen molar-refractivity contribution in [2.45, 2.75) is 19.4 Å². The van der Waals surface area contributed by atoms with Crippen molar-refractivity contribution in [1.82, 2.24) is 14.9 Å². The number of nitrogens with zero attached hydrogens (tertiary/aromatic N) is 2. The van der Waals surface area contributed by atoms with Gasteiger partial charge in [0.1, 0.15) is 5.82 Å². The van der Waals surface area contributed by atoms with Crippen LogP contribution in [0, 0.1) is 0 Å². The molecule has 1 unspecified atom stereocenters. The molecule has 0 aliphatic heterocycles. The number of amides is 1. The maximum atomic E-state index is 12.8. The molecule has 0 aliphatic rings. The smallest absolute Gasteiger partial charge is 0.253 e. The van der Waals surface area contributed by atoms with E-state index in [0.717, 1.165) is 29.2 Å². The van der Waals surface area contributed by atoms with E-state index in [9.17, 15) is 4.79 Å². The van der Waals surface area contributed by atoms with Gasteiger partial charge in [-0.2, -0.15) is 0 Å². The molecule has 2 aromatic heterocycles. The lowest BCUT2D eigenvalue weighted by Gasteiger charge is -2.16. The summed E-state index contributed by atoms with van der Waals surface area (Å²) in [4.78, 5) is 17.2. The molecule has 6 heteroatoms. The highest BCUT2D eigenvalue weighted by molar-refractivity contribution is 5.94. The van der Waals surface area contributed by atoms with Gasteiger partial charge in [-0.1, -0.05) is 49.4 Å². The Kier molecular flexibility index (Phi) is 6.63. The van der Waals surface area contributed by atoms with Gasteiger partial charge in [-0.25, -0.2) is 4.98 Å². The Morgan fingerprint density at radius 2 is 1.84 bits per heavy atom. The van der Waals surface area contributed by atoms with Gasteiger partial charge in [-0.3, -0.25) is 4.79 Å². The van der Waals surface area contributed by atoms with E-state index in [2.05, 4.69) is 34.7 Å². The SMILES string of the molecule is CCc1ccc(Nc2cc(-n3ccc(C(=O)NC(CN)c4ccccc4)c3)ccn2)cc1. The third-order valence-electron chi connectivity index (χ3n) is 5.37. The predicted molar refractivity (Wildman–Crippen MR) is 128 cm³/mol. The third-order valence-corrected chi connectivity index (χ3v) is 5.37. The Balaban J connectivity index is 1.47. The summed E-state index contributed by atoms with van der Waals surface area (Å²) in [5.74, 6) is 0.574. The van der Waals surface area contributed by atoms with E-state index in [1.165, 1.54) is 5.56 Å². The summed E-state index contributed by atoms with van der Waals surface area (Å²) in [5, 5.41) is 6.34. The molecule has 0 saturated carbocycles. The fourth-order valence-corrected chi connectivity index (χ4v) is 3.52. The fraction of sp³-hybridized carbons (Fsp3) is 0.154. The first-order valence-electron chi connectivity index (χ1n) is 10.7. The second-order valence-electron chi connectivity index (χ2n) is 7.55. The number of carbonyl (C=O) groups is 1. The number of pyridine rings is 1. The Morgan fingerprint density at radius 3 is 2.56 bits per heavy atom. The van der Waals surface area contributed by atoms with Crippen LogP contribution in [-0.2, 0) is 6.42 Å². The minimum atomic E-state index is -0.233. The van der Waals surface area contributed by atoms with E-state index in [0.29, 0.717) is 12.1 Å². The largest absolute Gasteiger partial charge is 0.344 e. The Hall–Kier alpha value is -3.90. The molecule has 4 rings (SSSR count). The number of rotatable bonds is 8. The van der Waals surface area contributed by atoms with Crippen molar-refractivity contribution < 1.29 is 4.79 Å². The van der Waals surface area contributed by atoms with Crippen LogP contribution in [0.25, 0.3) is 5.69 Å². The topological polar surface area (TPSA) is 85.0 Å². The highest BCUT2D eigenvalue weighted by Gasteiger charge is 2.15. The van der Waals surface area contributed by atoms with Gasteiger partial charge in [0.15, 0.2) is 0 Å². The minimum absolute atomic E-state index is 0.161. The van der Waals surface area contributed by atoms with Crippen molar-refractivity contribution >= 4 is 17.4 Å². The van der Waals surface area contributed by atoms with Crippen LogP contribution in [0.4, 0.5) is 11.5 Å². The highest BCUT2D eigenvalue weighted by Crippen LogP contribution is 2.19. The van der Waals surface area contributed by atoms with Gasteiger partial charge in [0.2, 0.25) is 0 Å². The summed E-state index contributed by atoms with van der Waals surface area (Å²) < 4.78 is 1.90. The normalized spacial score (nSPS) is 11.7. The van der Waals surface area contributed by atoms with E-state index < -0.39 is 0 Å². The van der Waals surface area contributed by atoms with Gasteiger partial charge in [0.05, 0.1) is 17.3 Å². The average Bonchev–Trinajstić information content (AvgIpc) is 3.34. The molecule has 2 aromatic carbocycles. The molecule has 0 radical (unpaired) electrons. The second kappa shape index (κ2) is 9.94. The van der Waals surface area contributed by atoms with Gasteiger partial charge in [0.25, 0.3) is 5.91 Å². The molecule has 32 heavy (non-hydrogen) atoms. The van der Waals surface area contributed by atoms with E-state index in [-0.39, 0.29) is 11.9 Å².